The van der Waals surface area contributed by atoms with E-state index in [1.165, 1.54) is 4.68 Å². The SMILES string of the molecule is CCn1nc2c(cc1=O)CN(Cc1cccc(OCC(N)=O)c1)CC2. The Hall–Kier alpha value is -2.67. The van der Waals surface area contributed by atoms with Gasteiger partial charge in [0.1, 0.15) is 5.75 Å². The Kier molecular flexibility index (Phi) is 5.14. The first-order valence-electron chi connectivity index (χ1n) is 8.37. The first-order chi connectivity index (χ1) is 12.0. The van der Waals surface area contributed by atoms with Crippen molar-refractivity contribution < 1.29 is 9.53 Å². The van der Waals surface area contributed by atoms with Gasteiger partial charge in [-0.1, -0.05) is 12.1 Å². The van der Waals surface area contributed by atoms with Crippen molar-refractivity contribution in [1.29, 1.82) is 0 Å². The third kappa shape index (κ3) is 4.24. The van der Waals surface area contributed by atoms with Crippen LogP contribution in [0.3, 0.4) is 0 Å². The summed E-state index contributed by atoms with van der Waals surface area (Å²) in [5.41, 5.74) is 8.15. The van der Waals surface area contributed by atoms with Crippen LogP contribution in [-0.2, 0) is 30.8 Å². The minimum Gasteiger partial charge on any atom is -0.484 e. The van der Waals surface area contributed by atoms with Crippen LogP contribution in [0.15, 0.2) is 35.1 Å². The normalized spacial score (nSPS) is 14.1. The van der Waals surface area contributed by atoms with E-state index >= 15 is 0 Å². The van der Waals surface area contributed by atoms with Gasteiger partial charge in [0.15, 0.2) is 6.61 Å². The number of hydrogen-bond acceptors (Lipinski definition) is 5. The zero-order valence-corrected chi connectivity index (χ0v) is 14.3. The molecule has 0 saturated heterocycles. The number of hydrogen-bond donors (Lipinski definition) is 1. The van der Waals surface area contributed by atoms with Crippen LogP contribution in [0.4, 0.5) is 0 Å². The van der Waals surface area contributed by atoms with Gasteiger partial charge in [-0.25, -0.2) is 4.68 Å². The van der Waals surface area contributed by atoms with E-state index < -0.39 is 5.91 Å². The lowest BCUT2D eigenvalue weighted by atomic mass is 10.1. The number of carbonyl (C=O) groups is 1. The van der Waals surface area contributed by atoms with Gasteiger partial charge < -0.3 is 10.5 Å². The van der Waals surface area contributed by atoms with E-state index in [2.05, 4.69) is 10.00 Å². The Balaban J connectivity index is 1.69. The first-order valence-corrected chi connectivity index (χ1v) is 8.37. The van der Waals surface area contributed by atoms with Crippen molar-refractivity contribution in [2.24, 2.45) is 5.73 Å². The van der Waals surface area contributed by atoms with Crippen LogP contribution >= 0.6 is 0 Å². The highest BCUT2D eigenvalue weighted by Gasteiger charge is 2.19. The second-order valence-corrected chi connectivity index (χ2v) is 6.13. The number of primary amides is 1. The summed E-state index contributed by atoms with van der Waals surface area (Å²) in [5, 5.41) is 4.44. The van der Waals surface area contributed by atoms with Gasteiger partial charge in [0.05, 0.1) is 5.69 Å². The molecular weight excluding hydrogens is 320 g/mol. The van der Waals surface area contributed by atoms with Crippen molar-refractivity contribution in [1.82, 2.24) is 14.7 Å². The maximum atomic E-state index is 12.0. The Morgan fingerprint density at radius 1 is 1.36 bits per heavy atom. The van der Waals surface area contributed by atoms with Gasteiger partial charge in [0, 0.05) is 38.7 Å². The minimum absolute atomic E-state index is 0.0510. The second kappa shape index (κ2) is 7.48. The molecule has 2 N–H and O–H groups in total. The Morgan fingerprint density at radius 3 is 2.96 bits per heavy atom. The van der Waals surface area contributed by atoms with Gasteiger partial charge in [0.2, 0.25) is 0 Å². The lowest BCUT2D eigenvalue weighted by Gasteiger charge is -2.28. The van der Waals surface area contributed by atoms with Gasteiger partial charge in [0.25, 0.3) is 11.5 Å². The van der Waals surface area contributed by atoms with E-state index in [0.717, 1.165) is 36.3 Å². The van der Waals surface area contributed by atoms with Gasteiger partial charge in [-0.3, -0.25) is 14.5 Å². The fraction of sp³-hybridized carbons (Fsp3) is 0.389. The van der Waals surface area contributed by atoms with Crippen molar-refractivity contribution in [2.75, 3.05) is 13.2 Å². The number of ether oxygens (including phenoxy) is 1. The van der Waals surface area contributed by atoms with Crippen LogP contribution in [0.5, 0.6) is 5.75 Å². The maximum Gasteiger partial charge on any atom is 0.267 e. The van der Waals surface area contributed by atoms with Crippen LogP contribution in [0.25, 0.3) is 0 Å². The van der Waals surface area contributed by atoms with E-state index in [9.17, 15) is 9.59 Å². The Labute approximate surface area is 146 Å². The number of aromatic nitrogens is 2. The predicted molar refractivity (Wildman–Crippen MR) is 93.1 cm³/mol. The smallest absolute Gasteiger partial charge is 0.267 e. The average Bonchev–Trinajstić information content (AvgIpc) is 2.59. The number of nitrogens with zero attached hydrogens (tertiary/aromatic N) is 3. The number of benzene rings is 1. The van der Waals surface area contributed by atoms with Gasteiger partial charge in [-0.05, 0) is 30.2 Å². The molecule has 0 bridgehead atoms. The second-order valence-electron chi connectivity index (χ2n) is 6.13. The first kappa shape index (κ1) is 17.2. The molecule has 0 radical (unpaired) electrons. The molecule has 1 aromatic heterocycles. The molecule has 1 aliphatic rings. The summed E-state index contributed by atoms with van der Waals surface area (Å²) in [7, 11) is 0. The van der Waals surface area contributed by atoms with Crippen LogP contribution in [0.2, 0.25) is 0 Å². The summed E-state index contributed by atoms with van der Waals surface area (Å²) in [6, 6.07) is 9.32. The van der Waals surface area contributed by atoms with Crippen molar-refractivity contribution in [3.63, 3.8) is 0 Å². The number of carbonyl (C=O) groups excluding carboxylic acids is 1. The molecule has 1 amide bonds. The number of fused-ring (bicyclic) bond motifs is 1. The lowest BCUT2D eigenvalue weighted by molar-refractivity contribution is -0.119. The van der Waals surface area contributed by atoms with Crippen molar-refractivity contribution in [3.8, 4) is 5.75 Å². The molecule has 0 unspecified atom stereocenters. The molecular formula is C18H22N4O3. The Morgan fingerprint density at radius 2 is 2.20 bits per heavy atom. The quantitative estimate of drug-likeness (QED) is 0.834. The molecule has 0 saturated carbocycles. The van der Waals surface area contributed by atoms with Crippen molar-refractivity contribution in [3.05, 3.63) is 57.5 Å². The topological polar surface area (TPSA) is 90.4 Å². The molecule has 2 aromatic rings. The largest absolute Gasteiger partial charge is 0.484 e. The summed E-state index contributed by atoms with van der Waals surface area (Å²) in [6.45, 7) is 4.71. The standard InChI is InChI=1S/C18H22N4O3/c1-2-22-18(24)9-14-11-21(7-6-16(14)20-22)10-13-4-3-5-15(8-13)25-12-17(19)23/h3-5,8-9H,2,6-7,10-12H2,1H3,(H2,19,23). The molecule has 1 aromatic carbocycles. The number of amides is 1. The van der Waals surface area contributed by atoms with Crippen LogP contribution in [0.1, 0.15) is 23.7 Å². The van der Waals surface area contributed by atoms with E-state index in [4.69, 9.17) is 10.5 Å². The molecule has 1 aliphatic heterocycles. The number of nitrogens with two attached hydrogens (primary N) is 1. The molecule has 0 aliphatic carbocycles. The fourth-order valence-electron chi connectivity index (χ4n) is 3.01. The molecule has 3 rings (SSSR count). The Bertz CT molecular complexity index is 831. The molecule has 7 nitrogen and oxygen atoms in total. The summed E-state index contributed by atoms with van der Waals surface area (Å²) >= 11 is 0. The van der Waals surface area contributed by atoms with Crippen LogP contribution in [0, 0.1) is 0 Å². The minimum atomic E-state index is -0.497. The highest BCUT2D eigenvalue weighted by atomic mass is 16.5. The highest BCUT2D eigenvalue weighted by molar-refractivity contribution is 5.75. The maximum absolute atomic E-state index is 12.0. The molecule has 7 heteroatoms. The van der Waals surface area contributed by atoms with Gasteiger partial charge in [-0.15, -0.1) is 0 Å². The summed E-state index contributed by atoms with van der Waals surface area (Å²) in [4.78, 5) is 25.1. The zero-order chi connectivity index (χ0) is 17.8. The zero-order valence-electron chi connectivity index (χ0n) is 14.3. The molecule has 0 spiro atoms. The van der Waals surface area contributed by atoms with E-state index in [-0.39, 0.29) is 12.2 Å². The van der Waals surface area contributed by atoms with E-state index in [1.54, 1.807) is 12.1 Å². The van der Waals surface area contributed by atoms with Crippen LogP contribution < -0.4 is 16.0 Å². The highest BCUT2D eigenvalue weighted by Crippen LogP contribution is 2.20. The third-order valence-electron chi connectivity index (χ3n) is 4.21. The van der Waals surface area contributed by atoms with Crippen LogP contribution in [-0.4, -0.2) is 33.7 Å². The summed E-state index contributed by atoms with van der Waals surface area (Å²) < 4.78 is 6.86. The van der Waals surface area contributed by atoms with E-state index in [1.807, 2.05) is 25.1 Å². The molecule has 0 atom stereocenters. The van der Waals surface area contributed by atoms with Gasteiger partial charge >= 0.3 is 0 Å². The average molecular weight is 342 g/mol. The van der Waals surface area contributed by atoms with E-state index in [0.29, 0.717) is 18.8 Å². The predicted octanol–water partition coefficient (Wildman–Crippen LogP) is 0.686. The molecule has 2 heterocycles. The summed E-state index contributed by atoms with van der Waals surface area (Å²) in [6.07, 6.45) is 0.827. The summed E-state index contributed by atoms with van der Waals surface area (Å²) in [5.74, 6) is 0.129. The van der Waals surface area contributed by atoms with Crippen molar-refractivity contribution in [2.45, 2.75) is 33.0 Å². The fourth-order valence-corrected chi connectivity index (χ4v) is 3.01. The molecule has 0 fully saturated rings. The number of rotatable bonds is 6. The molecule has 132 valence electrons. The van der Waals surface area contributed by atoms with Crippen molar-refractivity contribution >= 4 is 5.91 Å². The van der Waals surface area contributed by atoms with Gasteiger partial charge in [-0.2, -0.15) is 5.10 Å². The molecule has 25 heavy (non-hydrogen) atoms. The monoisotopic (exact) mass is 342 g/mol. The lowest BCUT2D eigenvalue weighted by Crippen LogP contribution is -2.34. The third-order valence-corrected chi connectivity index (χ3v) is 4.21. The number of aryl methyl sites for hydroxylation is 1.